The van der Waals surface area contributed by atoms with Crippen molar-refractivity contribution in [1.82, 2.24) is 20.1 Å². The van der Waals surface area contributed by atoms with E-state index in [1.165, 1.54) is 0 Å². The number of anilines is 1. The molecule has 2 aromatic heterocycles. The monoisotopic (exact) mass is 427 g/mol. The second-order valence-electron chi connectivity index (χ2n) is 6.91. The number of thiophene rings is 1. The Hall–Kier alpha value is -2.78. The highest BCUT2D eigenvalue weighted by Gasteiger charge is 2.22. The summed E-state index contributed by atoms with van der Waals surface area (Å²) in [6, 6.07) is 11.1. The molecule has 3 aromatic rings. The van der Waals surface area contributed by atoms with Gasteiger partial charge in [-0.15, -0.1) is 11.3 Å². The van der Waals surface area contributed by atoms with Crippen molar-refractivity contribution in [2.45, 2.75) is 32.4 Å². The predicted octanol–water partition coefficient (Wildman–Crippen LogP) is 3.67. The van der Waals surface area contributed by atoms with E-state index in [9.17, 15) is 9.59 Å². The van der Waals surface area contributed by atoms with Crippen LogP contribution in [0.25, 0.3) is 10.7 Å². The summed E-state index contributed by atoms with van der Waals surface area (Å²) >= 11 is 6.88. The lowest BCUT2D eigenvalue weighted by atomic mass is 10.2. The van der Waals surface area contributed by atoms with Crippen LogP contribution in [0.1, 0.15) is 31.4 Å². The molecule has 1 atom stereocenters. The molecule has 0 bridgehead atoms. The second kappa shape index (κ2) is 8.30. The summed E-state index contributed by atoms with van der Waals surface area (Å²) in [4.78, 5) is 27.3. The number of aromatic nitrogens is 3. The van der Waals surface area contributed by atoms with Crippen LogP contribution < -0.4 is 10.2 Å². The predicted molar refractivity (Wildman–Crippen MR) is 115 cm³/mol. The Kier molecular flexibility index (Phi) is 5.59. The SMILES string of the molecule is CC(C(=O)NCc1ccc(N2CCCC2=O)cc1)n1c(-c2cccs2)n[nH]c1=S. The number of H-pyrrole nitrogens is 1. The van der Waals surface area contributed by atoms with E-state index in [0.717, 1.165) is 29.1 Å². The minimum Gasteiger partial charge on any atom is -0.350 e. The van der Waals surface area contributed by atoms with Gasteiger partial charge in [0, 0.05) is 25.2 Å². The Balaban J connectivity index is 1.42. The largest absolute Gasteiger partial charge is 0.350 e. The van der Waals surface area contributed by atoms with Crippen LogP contribution in [0.4, 0.5) is 5.69 Å². The van der Waals surface area contributed by atoms with Crippen molar-refractivity contribution in [3.8, 4) is 10.7 Å². The molecule has 1 fully saturated rings. The van der Waals surface area contributed by atoms with Gasteiger partial charge in [-0.1, -0.05) is 18.2 Å². The Labute approximate surface area is 177 Å². The summed E-state index contributed by atoms with van der Waals surface area (Å²) in [5.74, 6) is 0.685. The van der Waals surface area contributed by atoms with Gasteiger partial charge in [0.25, 0.3) is 0 Å². The molecule has 7 nitrogen and oxygen atoms in total. The van der Waals surface area contributed by atoms with E-state index in [4.69, 9.17) is 12.2 Å². The topological polar surface area (TPSA) is 83.0 Å². The minimum absolute atomic E-state index is 0.140. The Morgan fingerprint density at radius 1 is 1.34 bits per heavy atom. The van der Waals surface area contributed by atoms with Crippen LogP contribution in [-0.2, 0) is 16.1 Å². The Morgan fingerprint density at radius 3 is 2.79 bits per heavy atom. The highest BCUT2D eigenvalue weighted by molar-refractivity contribution is 7.71. The fourth-order valence-electron chi connectivity index (χ4n) is 3.41. The number of benzene rings is 1. The van der Waals surface area contributed by atoms with Crippen LogP contribution in [-0.4, -0.2) is 33.1 Å². The number of hydrogen-bond acceptors (Lipinski definition) is 5. The molecule has 1 saturated heterocycles. The first-order valence-electron chi connectivity index (χ1n) is 9.42. The summed E-state index contributed by atoms with van der Waals surface area (Å²) in [5, 5.41) is 12.0. The standard InChI is InChI=1S/C20H21N5O2S2/c1-13(25-18(22-23-20(25)28)16-4-3-11-29-16)19(27)21-12-14-6-8-15(9-7-14)24-10-2-5-17(24)26/h3-4,6-9,11,13H,2,5,10,12H2,1H3,(H,21,27)(H,23,28). The van der Waals surface area contributed by atoms with Crippen LogP contribution in [0, 0.1) is 4.77 Å². The van der Waals surface area contributed by atoms with Crippen molar-refractivity contribution < 1.29 is 9.59 Å². The maximum absolute atomic E-state index is 12.7. The van der Waals surface area contributed by atoms with Crippen molar-refractivity contribution >= 4 is 41.1 Å². The normalized spacial score (nSPS) is 14.9. The molecule has 2 amide bonds. The lowest BCUT2D eigenvalue weighted by molar-refractivity contribution is -0.124. The van der Waals surface area contributed by atoms with Crippen molar-refractivity contribution in [3.05, 3.63) is 52.1 Å². The molecule has 0 saturated carbocycles. The first kappa shape index (κ1) is 19.5. The summed E-state index contributed by atoms with van der Waals surface area (Å²) in [6.07, 6.45) is 1.51. The smallest absolute Gasteiger partial charge is 0.243 e. The van der Waals surface area contributed by atoms with Gasteiger partial charge >= 0.3 is 0 Å². The molecule has 3 heterocycles. The molecule has 4 rings (SSSR count). The molecule has 0 aliphatic carbocycles. The number of aromatic amines is 1. The third kappa shape index (κ3) is 4.01. The molecule has 0 spiro atoms. The Bertz CT molecular complexity index is 1070. The third-order valence-corrected chi connectivity index (χ3v) is 6.15. The van der Waals surface area contributed by atoms with E-state index in [-0.39, 0.29) is 11.8 Å². The highest BCUT2D eigenvalue weighted by atomic mass is 32.1. The molecular formula is C20H21N5O2S2. The maximum atomic E-state index is 12.7. The molecule has 1 aromatic carbocycles. The molecular weight excluding hydrogens is 406 g/mol. The van der Waals surface area contributed by atoms with Gasteiger partial charge in [0.15, 0.2) is 10.6 Å². The number of nitrogens with one attached hydrogen (secondary N) is 2. The van der Waals surface area contributed by atoms with E-state index in [2.05, 4.69) is 15.5 Å². The number of rotatable bonds is 6. The zero-order valence-corrected chi connectivity index (χ0v) is 17.6. The fraction of sp³-hybridized carbons (Fsp3) is 0.300. The van der Waals surface area contributed by atoms with Gasteiger partial charge in [0.2, 0.25) is 11.8 Å². The average molecular weight is 428 g/mol. The van der Waals surface area contributed by atoms with Gasteiger partial charge < -0.3 is 10.2 Å². The number of nitrogens with zero attached hydrogens (tertiary/aromatic N) is 3. The first-order chi connectivity index (χ1) is 14.0. The molecule has 150 valence electrons. The summed E-state index contributed by atoms with van der Waals surface area (Å²) in [7, 11) is 0. The molecule has 1 aliphatic heterocycles. The molecule has 9 heteroatoms. The first-order valence-corrected chi connectivity index (χ1v) is 10.7. The van der Waals surface area contributed by atoms with Crippen molar-refractivity contribution in [2.24, 2.45) is 0 Å². The zero-order valence-electron chi connectivity index (χ0n) is 15.9. The molecule has 1 unspecified atom stereocenters. The van der Waals surface area contributed by atoms with Crippen LogP contribution in [0.15, 0.2) is 41.8 Å². The molecule has 29 heavy (non-hydrogen) atoms. The van der Waals surface area contributed by atoms with Crippen LogP contribution in [0.3, 0.4) is 0 Å². The third-order valence-electron chi connectivity index (χ3n) is 5.00. The maximum Gasteiger partial charge on any atom is 0.243 e. The Morgan fingerprint density at radius 2 is 2.14 bits per heavy atom. The van der Waals surface area contributed by atoms with E-state index >= 15 is 0 Å². The lowest BCUT2D eigenvalue weighted by Crippen LogP contribution is -2.31. The average Bonchev–Trinajstić information content (AvgIpc) is 3.47. The summed E-state index contributed by atoms with van der Waals surface area (Å²) in [5.41, 5.74) is 1.87. The minimum atomic E-state index is -0.500. The van der Waals surface area contributed by atoms with Gasteiger partial charge in [-0.25, -0.2) is 0 Å². The van der Waals surface area contributed by atoms with Gasteiger partial charge in [0.1, 0.15) is 6.04 Å². The van der Waals surface area contributed by atoms with Crippen molar-refractivity contribution in [1.29, 1.82) is 0 Å². The van der Waals surface area contributed by atoms with E-state index in [0.29, 0.717) is 23.6 Å². The highest BCUT2D eigenvalue weighted by Crippen LogP contribution is 2.26. The van der Waals surface area contributed by atoms with E-state index in [1.807, 2.05) is 41.8 Å². The van der Waals surface area contributed by atoms with Gasteiger partial charge in [-0.05, 0) is 54.7 Å². The van der Waals surface area contributed by atoms with Gasteiger partial charge in [-0.2, -0.15) is 5.10 Å². The fourth-order valence-corrected chi connectivity index (χ4v) is 4.41. The van der Waals surface area contributed by atoms with Gasteiger partial charge in [-0.3, -0.25) is 19.3 Å². The van der Waals surface area contributed by atoms with Crippen LogP contribution in [0.2, 0.25) is 0 Å². The van der Waals surface area contributed by atoms with Gasteiger partial charge in [0.05, 0.1) is 4.88 Å². The lowest BCUT2D eigenvalue weighted by Gasteiger charge is -2.17. The number of carbonyl (C=O) groups excluding carboxylic acids is 2. The van der Waals surface area contributed by atoms with Crippen molar-refractivity contribution in [2.75, 3.05) is 11.4 Å². The quantitative estimate of drug-likeness (QED) is 0.588. The van der Waals surface area contributed by atoms with E-state index in [1.54, 1.807) is 27.7 Å². The number of carbonyl (C=O) groups is 2. The molecule has 2 N–H and O–H groups in total. The summed E-state index contributed by atoms with van der Waals surface area (Å²) < 4.78 is 2.15. The number of amides is 2. The van der Waals surface area contributed by atoms with E-state index < -0.39 is 6.04 Å². The van der Waals surface area contributed by atoms with Crippen LogP contribution in [0.5, 0.6) is 0 Å². The second-order valence-corrected chi connectivity index (χ2v) is 8.24. The molecule has 0 radical (unpaired) electrons. The van der Waals surface area contributed by atoms with Crippen LogP contribution >= 0.6 is 23.6 Å². The van der Waals surface area contributed by atoms with Crippen molar-refractivity contribution in [3.63, 3.8) is 0 Å². The zero-order chi connectivity index (χ0) is 20.4. The summed E-state index contributed by atoms with van der Waals surface area (Å²) in [6.45, 7) is 2.97. The molecule has 1 aliphatic rings. The number of hydrogen-bond donors (Lipinski definition) is 2.